The van der Waals surface area contributed by atoms with Gasteiger partial charge in [0, 0.05) is 17.9 Å². The molecule has 1 unspecified atom stereocenters. The summed E-state index contributed by atoms with van der Waals surface area (Å²) in [5.74, 6) is -1.12. The van der Waals surface area contributed by atoms with Gasteiger partial charge in [-0.15, -0.1) is 11.8 Å². The van der Waals surface area contributed by atoms with Crippen molar-refractivity contribution in [2.45, 2.75) is 23.5 Å². The number of nitrogens with zero attached hydrogens (tertiary/aromatic N) is 1. The third-order valence-electron chi connectivity index (χ3n) is 2.27. The zero-order chi connectivity index (χ0) is 13.7. The Morgan fingerprint density at radius 2 is 2.22 bits per heavy atom. The van der Waals surface area contributed by atoms with E-state index in [9.17, 15) is 14.9 Å². The van der Waals surface area contributed by atoms with Crippen LogP contribution >= 0.6 is 11.8 Å². The highest BCUT2D eigenvalue weighted by atomic mass is 32.2. The van der Waals surface area contributed by atoms with Crippen LogP contribution in [-0.4, -0.2) is 33.0 Å². The van der Waals surface area contributed by atoms with Crippen molar-refractivity contribution in [1.82, 2.24) is 0 Å². The minimum absolute atomic E-state index is 0.0132. The molecule has 1 rings (SSSR count). The normalized spacial score (nSPS) is 12.1. The minimum Gasteiger partial charge on any atom is -0.478 e. The number of nitro groups is 1. The fraction of sp³-hybridized carbons (Fsp3) is 0.364. The van der Waals surface area contributed by atoms with Gasteiger partial charge in [-0.05, 0) is 18.6 Å². The molecule has 0 aliphatic rings. The number of carbonyl (C=O) groups is 1. The summed E-state index contributed by atoms with van der Waals surface area (Å²) in [6.45, 7) is 1.80. The highest BCUT2D eigenvalue weighted by Gasteiger charge is 2.18. The summed E-state index contributed by atoms with van der Waals surface area (Å²) in [5.41, 5.74) is -0.103. The van der Waals surface area contributed by atoms with Crippen molar-refractivity contribution < 1.29 is 19.9 Å². The standard InChI is InChI=1S/C11H13NO5S/c1-7(4-5-13)18-10-6-8(11(14)15)2-3-9(10)12(16)17/h2-3,6-7,13H,4-5H2,1H3,(H,14,15). The van der Waals surface area contributed by atoms with Gasteiger partial charge in [0.15, 0.2) is 0 Å². The molecule has 98 valence electrons. The van der Waals surface area contributed by atoms with E-state index in [2.05, 4.69) is 0 Å². The van der Waals surface area contributed by atoms with Crippen molar-refractivity contribution in [2.24, 2.45) is 0 Å². The lowest BCUT2D eigenvalue weighted by atomic mass is 10.2. The molecule has 0 bridgehead atoms. The molecule has 0 fully saturated rings. The summed E-state index contributed by atoms with van der Waals surface area (Å²) >= 11 is 1.19. The molecule has 6 nitrogen and oxygen atoms in total. The molecule has 2 N–H and O–H groups in total. The Hall–Kier alpha value is -1.60. The van der Waals surface area contributed by atoms with Crippen molar-refractivity contribution in [1.29, 1.82) is 0 Å². The Morgan fingerprint density at radius 1 is 1.56 bits per heavy atom. The van der Waals surface area contributed by atoms with E-state index in [1.807, 2.05) is 6.92 Å². The summed E-state index contributed by atoms with van der Waals surface area (Å²) in [7, 11) is 0. The van der Waals surface area contributed by atoms with Crippen LogP contribution in [0.15, 0.2) is 23.1 Å². The zero-order valence-corrected chi connectivity index (χ0v) is 10.5. The molecule has 1 aromatic carbocycles. The average Bonchev–Trinajstić information content (AvgIpc) is 2.28. The average molecular weight is 271 g/mol. The number of hydrogen-bond acceptors (Lipinski definition) is 5. The van der Waals surface area contributed by atoms with E-state index in [1.165, 1.54) is 30.0 Å². The Balaban J connectivity index is 3.07. The SMILES string of the molecule is CC(CCO)Sc1cc(C(=O)O)ccc1[N+](=O)[O-]. The highest BCUT2D eigenvalue weighted by Crippen LogP contribution is 2.33. The first-order valence-electron chi connectivity index (χ1n) is 5.25. The molecular formula is C11H13NO5S. The Labute approximate surface area is 108 Å². The molecule has 0 spiro atoms. The first-order chi connectivity index (χ1) is 8.45. The second-order valence-electron chi connectivity index (χ2n) is 3.69. The van der Waals surface area contributed by atoms with Gasteiger partial charge >= 0.3 is 5.97 Å². The second-order valence-corrected chi connectivity index (χ2v) is 5.17. The first kappa shape index (κ1) is 14.5. The monoisotopic (exact) mass is 271 g/mol. The summed E-state index contributed by atoms with van der Waals surface area (Å²) in [5, 5.41) is 28.5. The maximum Gasteiger partial charge on any atom is 0.335 e. The van der Waals surface area contributed by atoms with Crippen molar-refractivity contribution in [2.75, 3.05) is 6.61 Å². The largest absolute Gasteiger partial charge is 0.478 e. The number of aliphatic hydroxyl groups excluding tert-OH is 1. The van der Waals surface area contributed by atoms with Crippen LogP contribution in [0, 0.1) is 10.1 Å². The fourth-order valence-corrected chi connectivity index (χ4v) is 2.46. The summed E-state index contributed by atoms with van der Waals surface area (Å²) < 4.78 is 0. The molecule has 7 heteroatoms. The zero-order valence-electron chi connectivity index (χ0n) is 9.70. The van der Waals surface area contributed by atoms with Crippen LogP contribution in [0.3, 0.4) is 0 Å². The second kappa shape index (κ2) is 6.36. The molecule has 0 heterocycles. The Kier molecular flexibility index (Phi) is 5.11. The van der Waals surface area contributed by atoms with Gasteiger partial charge in [0.25, 0.3) is 5.69 Å². The number of thioether (sulfide) groups is 1. The fourth-order valence-electron chi connectivity index (χ4n) is 1.35. The van der Waals surface area contributed by atoms with Crippen LogP contribution < -0.4 is 0 Å². The van der Waals surface area contributed by atoms with Gasteiger partial charge in [0.2, 0.25) is 0 Å². The summed E-state index contributed by atoms with van der Waals surface area (Å²) in [4.78, 5) is 21.4. The van der Waals surface area contributed by atoms with Gasteiger partial charge in [0.05, 0.1) is 15.4 Å². The number of nitro benzene ring substituents is 1. The van der Waals surface area contributed by atoms with E-state index in [0.717, 1.165) is 0 Å². The Bertz CT molecular complexity index is 463. The van der Waals surface area contributed by atoms with Crippen LogP contribution in [-0.2, 0) is 0 Å². The molecule has 0 aliphatic heterocycles. The summed E-state index contributed by atoms with van der Waals surface area (Å²) in [6.07, 6.45) is 0.485. The van der Waals surface area contributed by atoms with E-state index in [4.69, 9.17) is 10.2 Å². The number of carboxylic acids is 1. The van der Waals surface area contributed by atoms with E-state index in [1.54, 1.807) is 0 Å². The van der Waals surface area contributed by atoms with Gasteiger partial charge in [-0.1, -0.05) is 6.92 Å². The van der Waals surface area contributed by atoms with E-state index in [-0.39, 0.29) is 23.1 Å². The predicted molar refractivity (Wildman–Crippen MR) is 67.1 cm³/mol. The molecule has 0 aliphatic carbocycles. The molecule has 0 radical (unpaired) electrons. The third-order valence-corrected chi connectivity index (χ3v) is 3.49. The lowest BCUT2D eigenvalue weighted by Crippen LogP contribution is -2.03. The van der Waals surface area contributed by atoms with Gasteiger partial charge in [-0.3, -0.25) is 10.1 Å². The van der Waals surface area contributed by atoms with E-state index in [0.29, 0.717) is 11.3 Å². The molecule has 1 atom stereocenters. The van der Waals surface area contributed by atoms with Crippen molar-refractivity contribution in [3.8, 4) is 0 Å². The van der Waals surface area contributed by atoms with Gasteiger partial charge in [0.1, 0.15) is 0 Å². The van der Waals surface area contributed by atoms with Gasteiger partial charge in [-0.2, -0.15) is 0 Å². The summed E-state index contributed by atoms with van der Waals surface area (Å²) in [6, 6.07) is 3.69. The van der Waals surface area contributed by atoms with Gasteiger partial charge < -0.3 is 10.2 Å². The van der Waals surface area contributed by atoms with Crippen LogP contribution in [0.5, 0.6) is 0 Å². The number of hydrogen-bond donors (Lipinski definition) is 2. The number of aromatic carboxylic acids is 1. The van der Waals surface area contributed by atoms with Crippen molar-refractivity contribution in [3.63, 3.8) is 0 Å². The third kappa shape index (κ3) is 3.71. The van der Waals surface area contributed by atoms with Crippen LogP contribution in [0.4, 0.5) is 5.69 Å². The smallest absolute Gasteiger partial charge is 0.335 e. The molecule has 18 heavy (non-hydrogen) atoms. The quantitative estimate of drug-likeness (QED) is 0.467. The molecule has 0 saturated heterocycles. The van der Waals surface area contributed by atoms with Crippen LogP contribution in [0.2, 0.25) is 0 Å². The maximum absolute atomic E-state index is 10.8. The number of rotatable bonds is 6. The molecule has 1 aromatic rings. The molecular weight excluding hydrogens is 258 g/mol. The number of carboxylic acid groups (broad SMARTS) is 1. The highest BCUT2D eigenvalue weighted by molar-refractivity contribution is 8.00. The van der Waals surface area contributed by atoms with Crippen LogP contribution in [0.25, 0.3) is 0 Å². The van der Waals surface area contributed by atoms with E-state index >= 15 is 0 Å². The Morgan fingerprint density at radius 3 is 2.72 bits per heavy atom. The molecule has 0 saturated carbocycles. The minimum atomic E-state index is -1.12. The van der Waals surface area contributed by atoms with Crippen molar-refractivity contribution in [3.05, 3.63) is 33.9 Å². The van der Waals surface area contributed by atoms with Crippen molar-refractivity contribution >= 4 is 23.4 Å². The first-order valence-corrected chi connectivity index (χ1v) is 6.13. The van der Waals surface area contributed by atoms with Gasteiger partial charge in [-0.25, -0.2) is 4.79 Å². The topological polar surface area (TPSA) is 101 Å². The number of benzene rings is 1. The molecule has 0 aromatic heterocycles. The van der Waals surface area contributed by atoms with E-state index < -0.39 is 10.9 Å². The predicted octanol–water partition coefficient (Wildman–Crippen LogP) is 2.16. The number of aliphatic hydroxyl groups is 1. The van der Waals surface area contributed by atoms with Crippen LogP contribution in [0.1, 0.15) is 23.7 Å². The molecule has 0 amide bonds. The lowest BCUT2D eigenvalue weighted by molar-refractivity contribution is -0.387. The maximum atomic E-state index is 10.8. The lowest BCUT2D eigenvalue weighted by Gasteiger charge is -2.10.